The van der Waals surface area contributed by atoms with Gasteiger partial charge >= 0.3 is 5.91 Å². The first-order valence-corrected chi connectivity index (χ1v) is 7.12. The number of nitrogens with zero attached hydrogens (tertiary/aromatic N) is 1. The zero-order valence-corrected chi connectivity index (χ0v) is 12.9. The van der Waals surface area contributed by atoms with Crippen molar-refractivity contribution in [3.05, 3.63) is 64.9 Å². The number of ether oxygens (including phenoxy) is 1. The Balaban J connectivity index is 2.00. The maximum Gasteiger partial charge on any atom is 0.301 e. The van der Waals surface area contributed by atoms with Crippen LogP contribution in [0.2, 0.25) is 5.02 Å². The van der Waals surface area contributed by atoms with Crippen LogP contribution in [-0.2, 0) is 9.59 Å². The maximum atomic E-state index is 12.6. The highest BCUT2D eigenvalue weighted by Gasteiger charge is 2.40. The molecule has 5 nitrogen and oxygen atoms in total. The van der Waals surface area contributed by atoms with Crippen molar-refractivity contribution in [1.29, 1.82) is 0 Å². The minimum absolute atomic E-state index is 0.0346. The molecular weight excluding hydrogens is 318 g/mol. The highest BCUT2D eigenvalue weighted by molar-refractivity contribution is 6.45. The number of hydrogen-bond acceptors (Lipinski definition) is 4. The van der Waals surface area contributed by atoms with Gasteiger partial charge in [0.25, 0.3) is 5.91 Å². The standard InChI is InChI=1S/C17H12ClNO4/c1-23-13-8-2-10(3-9-13)14-15(20)17(22)19(16(14)21)12-6-4-11(18)5-7-12/h2-9,20H,1H3. The van der Waals surface area contributed by atoms with Crippen LogP contribution < -0.4 is 9.64 Å². The molecule has 23 heavy (non-hydrogen) atoms. The molecule has 0 fully saturated rings. The lowest BCUT2D eigenvalue weighted by atomic mass is 10.1. The van der Waals surface area contributed by atoms with Gasteiger partial charge in [0, 0.05) is 5.02 Å². The van der Waals surface area contributed by atoms with Crippen LogP contribution in [0.4, 0.5) is 5.69 Å². The zero-order chi connectivity index (χ0) is 16.6. The van der Waals surface area contributed by atoms with E-state index in [1.165, 1.54) is 7.11 Å². The molecule has 0 bridgehead atoms. The second kappa shape index (κ2) is 5.78. The molecule has 0 saturated carbocycles. The SMILES string of the molecule is COc1ccc(C2=C(O)C(=O)N(c3ccc(Cl)cc3)C2=O)cc1. The van der Waals surface area contributed by atoms with Crippen molar-refractivity contribution in [3.63, 3.8) is 0 Å². The Morgan fingerprint density at radius 2 is 1.57 bits per heavy atom. The molecule has 6 heteroatoms. The van der Waals surface area contributed by atoms with E-state index in [1.807, 2.05) is 0 Å². The molecule has 0 aromatic heterocycles. The van der Waals surface area contributed by atoms with E-state index in [1.54, 1.807) is 48.5 Å². The number of aliphatic hydroxyl groups is 1. The number of halogens is 1. The Bertz CT molecular complexity index is 809. The van der Waals surface area contributed by atoms with Crippen molar-refractivity contribution in [1.82, 2.24) is 0 Å². The van der Waals surface area contributed by atoms with E-state index in [4.69, 9.17) is 16.3 Å². The van der Waals surface area contributed by atoms with Crippen molar-refractivity contribution >= 4 is 34.7 Å². The number of rotatable bonds is 3. The monoisotopic (exact) mass is 329 g/mol. The fraction of sp³-hybridized carbons (Fsp3) is 0.0588. The second-order valence-corrected chi connectivity index (χ2v) is 5.31. The summed E-state index contributed by atoms with van der Waals surface area (Å²) in [6, 6.07) is 12.8. The topological polar surface area (TPSA) is 66.8 Å². The molecule has 0 unspecified atom stereocenters. The van der Waals surface area contributed by atoms with Gasteiger partial charge < -0.3 is 9.84 Å². The normalized spacial score (nSPS) is 14.6. The molecule has 2 aromatic carbocycles. The van der Waals surface area contributed by atoms with Gasteiger partial charge in [-0.05, 0) is 42.0 Å². The first-order valence-electron chi connectivity index (χ1n) is 6.75. The number of anilines is 1. The Hall–Kier alpha value is -2.79. The smallest absolute Gasteiger partial charge is 0.301 e. The number of methoxy groups -OCH3 is 1. The Morgan fingerprint density at radius 1 is 0.957 bits per heavy atom. The second-order valence-electron chi connectivity index (χ2n) is 4.87. The summed E-state index contributed by atoms with van der Waals surface area (Å²) in [7, 11) is 1.53. The van der Waals surface area contributed by atoms with Crippen LogP contribution in [0.5, 0.6) is 5.75 Å². The van der Waals surface area contributed by atoms with Crippen LogP contribution in [0, 0.1) is 0 Å². The van der Waals surface area contributed by atoms with E-state index in [-0.39, 0.29) is 5.57 Å². The fourth-order valence-corrected chi connectivity index (χ4v) is 2.49. The maximum absolute atomic E-state index is 12.6. The molecule has 0 radical (unpaired) electrons. The third-order valence-electron chi connectivity index (χ3n) is 3.52. The van der Waals surface area contributed by atoms with Gasteiger partial charge in [0.2, 0.25) is 0 Å². The van der Waals surface area contributed by atoms with Gasteiger partial charge in [-0.3, -0.25) is 9.59 Å². The largest absolute Gasteiger partial charge is 0.502 e. The summed E-state index contributed by atoms with van der Waals surface area (Å²) in [5.41, 5.74) is 0.755. The molecule has 1 aliphatic rings. The molecule has 0 atom stereocenters. The molecule has 1 heterocycles. The third kappa shape index (κ3) is 2.55. The molecular formula is C17H12ClNO4. The van der Waals surface area contributed by atoms with Crippen molar-refractivity contribution in [3.8, 4) is 5.75 Å². The van der Waals surface area contributed by atoms with Crippen LogP contribution in [0.25, 0.3) is 5.57 Å². The van der Waals surface area contributed by atoms with Gasteiger partial charge in [0.1, 0.15) is 5.75 Å². The summed E-state index contributed by atoms with van der Waals surface area (Å²) in [6.07, 6.45) is 0. The summed E-state index contributed by atoms with van der Waals surface area (Å²) in [4.78, 5) is 25.8. The van der Waals surface area contributed by atoms with E-state index in [0.29, 0.717) is 22.0 Å². The van der Waals surface area contributed by atoms with E-state index in [2.05, 4.69) is 0 Å². The number of amides is 2. The number of benzene rings is 2. The van der Waals surface area contributed by atoms with Crippen LogP contribution >= 0.6 is 11.6 Å². The average molecular weight is 330 g/mol. The van der Waals surface area contributed by atoms with Crippen LogP contribution in [-0.4, -0.2) is 24.0 Å². The summed E-state index contributed by atoms with van der Waals surface area (Å²) in [6.45, 7) is 0. The molecule has 0 saturated heterocycles. The van der Waals surface area contributed by atoms with Gasteiger partial charge in [0.05, 0.1) is 18.4 Å². The average Bonchev–Trinajstić information content (AvgIpc) is 2.78. The first-order chi connectivity index (χ1) is 11.0. The molecule has 1 N–H and O–H groups in total. The van der Waals surface area contributed by atoms with Gasteiger partial charge in [-0.1, -0.05) is 23.7 Å². The van der Waals surface area contributed by atoms with Gasteiger partial charge in [-0.2, -0.15) is 0 Å². The molecule has 1 aliphatic heterocycles. The number of carbonyl (C=O) groups is 2. The first kappa shape index (κ1) is 15.1. The van der Waals surface area contributed by atoms with Crippen LogP contribution in [0.3, 0.4) is 0 Å². The Labute approximate surface area is 137 Å². The molecule has 116 valence electrons. The van der Waals surface area contributed by atoms with E-state index in [0.717, 1.165) is 4.90 Å². The summed E-state index contributed by atoms with van der Waals surface area (Å²) in [5.74, 6) is -1.31. The summed E-state index contributed by atoms with van der Waals surface area (Å²) < 4.78 is 5.05. The minimum Gasteiger partial charge on any atom is -0.502 e. The summed E-state index contributed by atoms with van der Waals surface area (Å²) >= 11 is 5.81. The number of imide groups is 1. The van der Waals surface area contributed by atoms with Gasteiger partial charge in [-0.25, -0.2) is 4.90 Å². The molecule has 3 rings (SSSR count). The number of hydrogen-bond donors (Lipinski definition) is 1. The van der Waals surface area contributed by atoms with Gasteiger partial charge in [0.15, 0.2) is 5.76 Å². The predicted molar refractivity (Wildman–Crippen MR) is 86.5 cm³/mol. The highest BCUT2D eigenvalue weighted by Crippen LogP contribution is 2.32. The van der Waals surface area contributed by atoms with Crippen molar-refractivity contribution in [2.75, 3.05) is 12.0 Å². The summed E-state index contributed by atoms with van der Waals surface area (Å²) in [5, 5.41) is 10.6. The molecule has 2 amide bonds. The fourth-order valence-electron chi connectivity index (χ4n) is 2.36. The minimum atomic E-state index is -0.761. The predicted octanol–water partition coefficient (Wildman–Crippen LogP) is 3.19. The van der Waals surface area contributed by atoms with E-state index in [9.17, 15) is 14.7 Å². The lowest BCUT2D eigenvalue weighted by Gasteiger charge is -2.14. The van der Waals surface area contributed by atoms with E-state index < -0.39 is 17.6 Å². The molecule has 0 spiro atoms. The quantitative estimate of drug-likeness (QED) is 0.878. The Kier molecular flexibility index (Phi) is 3.80. The Morgan fingerprint density at radius 3 is 2.13 bits per heavy atom. The van der Waals surface area contributed by atoms with Crippen LogP contribution in [0.15, 0.2) is 54.3 Å². The van der Waals surface area contributed by atoms with Crippen molar-refractivity contribution < 1.29 is 19.4 Å². The highest BCUT2D eigenvalue weighted by atomic mass is 35.5. The van der Waals surface area contributed by atoms with Crippen molar-refractivity contribution in [2.45, 2.75) is 0 Å². The number of aliphatic hydroxyl groups excluding tert-OH is 1. The molecule has 0 aliphatic carbocycles. The lowest BCUT2D eigenvalue weighted by Crippen LogP contribution is -2.31. The zero-order valence-electron chi connectivity index (χ0n) is 12.1. The van der Waals surface area contributed by atoms with Crippen LogP contribution in [0.1, 0.15) is 5.56 Å². The molecule has 2 aromatic rings. The third-order valence-corrected chi connectivity index (χ3v) is 3.77. The number of carbonyl (C=O) groups excluding carboxylic acids is 2. The van der Waals surface area contributed by atoms with Gasteiger partial charge in [-0.15, -0.1) is 0 Å². The van der Waals surface area contributed by atoms with E-state index >= 15 is 0 Å². The lowest BCUT2D eigenvalue weighted by molar-refractivity contribution is -0.121. The van der Waals surface area contributed by atoms with Crippen molar-refractivity contribution in [2.24, 2.45) is 0 Å².